The number of thiazole rings is 1. The number of benzene rings is 2. The van der Waals surface area contributed by atoms with Crippen LogP contribution in [0.1, 0.15) is 80.7 Å². The van der Waals surface area contributed by atoms with Crippen molar-refractivity contribution in [1.29, 1.82) is 0 Å². The highest BCUT2D eigenvalue weighted by molar-refractivity contribution is 7.89. The van der Waals surface area contributed by atoms with Gasteiger partial charge in [0.2, 0.25) is 15.9 Å². The van der Waals surface area contributed by atoms with E-state index < -0.39 is 40.1 Å². The maximum atomic E-state index is 14.1. The van der Waals surface area contributed by atoms with Gasteiger partial charge in [-0.2, -0.15) is 4.31 Å². The van der Waals surface area contributed by atoms with Gasteiger partial charge in [-0.25, -0.2) is 18.2 Å². The zero-order chi connectivity index (χ0) is 37.8. The maximum Gasteiger partial charge on any atom is 0.318 e. The quantitative estimate of drug-likeness (QED) is 0.0713. The van der Waals surface area contributed by atoms with Crippen LogP contribution in [-0.4, -0.2) is 89.4 Å². The molecule has 284 valence electrons. The molecule has 1 aromatic heterocycles. The number of rotatable bonds is 18. The minimum absolute atomic E-state index is 0.0477. The summed E-state index contributed by atoms with van der Waals surface area (Å²) in [4.78, 5) is 33.5. The molecule has 1 aliphatic carbocycles. The smallest absolute Gasteiger partial charge is 0.318 e. The summed E-state index contributed by atoms with van der Waals surface area (Å²) in [6.07, 6.45) is 4.54. The number of urea groups is 1. The van der Waals surface area contributed by atoms with Gasteiger partial charge in [0.05, 0.1) is 41.5 Å². The molecule has 1 heterocycles. The molecule has 3 aromatic rings. The van der Waals surface area contributed by atoms with E-state index in [9.17, 15) is 23.1 Å². The first kappa shape index (κ1) is 40.9. The zero-order valence-corrected chi connectivity index (χ0v) is 32.0. The second-order valence-electron chi connectivity index (χ2n) is 13.8. The fraction of sp³-hybridized carbons (Fsp3) is 0.514. The molecule has 0 aliphatic heterocycles. The molecular weight excluding hydrogens is 703 g/mol. The number of nitrogens with one attached hydrogen (secondary N) is 2. The van der Waals surface area contributed by atoms with Crippen molar-refractivity contribution >= 4 is 39.5 Å². The summed E-state index contributed by atoms with van der Waals surface area (Å²) in [7, 11) is -2.43. The Morgan fingerprint density at radius 3 is 2.37 bits per heavy atom. The van der Waals surface area contributed by atoms with Crippen molar-refractivity contribution < 1.29 is 28.3 Å². The highest BCUT2D eigenvalue weighted by Gasteiger charge is 2.35. The van der Waals surface area contributed by atoms with Gasteiger partial charge in [-0.1, -0.05) is 80.7 Å². The van der Waals surface area contributed by atoms with Crippen molar-refractivity contribution in [3.8, 4) is 0 Å². The summed E-state index contributed by atoms with van der Waals surface area (Å²) in [6.45, 7) is 5.84. The number of nitrogens with zero attached hydrogens (tertiary/aromatic N) is 4. The SMILES string of the molecule is CC[C@H](C)[C@H](NC(=O)N(C)Cc1csc([C@@H](C)N)n1)C(=O)N[C@@H](Cc1ccccc1)[C@H](O)CN(CC1CCCC1)S(=O)(=O)c1ccc(/C=N/O)cc1. The molecule has 0 radical (unpaired) electrons. The molecule has 5 atom stereocenters. The van der Waals surface area contributed by atoms with Gasteiger partial charge in [-0.3, -0.25) is 4.79 Å². The van der Waals surface area contributed by atoms with Crippen molar-refractivity contribution in [1.82, 2.24) is 24.8 Å². The molecule has 1 saturated carbocycles. The van der Waals surface area contributed by atoms with E-state index in [2.05, 4.69) is 20.8 Å². The molecule has 1 aliphatic rings. The predicted octanol–water partition coefficient (Wildman–Crippen LogP) is 4.50. The lowest BCUT2D eigenvalue weighted by Crippen LogP contribution is -2.58. The van der Waals surface area contributed by atoms with Gasteiger partial charge in [0.25, 0.3) is 0 Å². The second kappa shape index (κ2) is 19.3. The van der Waals surface area contributed by atoms with Gasteiger partial charge in [0, 0.05) is 25.5 Å². The van der Waals surface area contributed by atoms with Crippen molar-refractivity contribution in [2.24, 2.45) is 22.7 Å². The van der Waals surface area contributed by atoms with Gasteiger partial charge in [0.1, 0.15) is 11.0 Å². The largest absolute Gasteiger partial charge is 0.411 e. The van der Waals surface area contributed by atoms with Crippen LogP contribution in [-0.2, 0) is 27.8 Å². The molecule has 52 heavy (non-hydrogen) atoms. The Morgan fingerprint density at radius 2 is 1.77 bits per heavy atom. The number of oxime groups is 1. The third-order valence-corrected chi connectivity index (χ3v) is 12.6. The Bertz CT molecular complexity index is 1710. The minimum Gasteiger partial charge on any atom is -0.411 e. The van der Waals surface area contributed by atoms with Gasteiger partial charge in [-0.05, 0) is 61.3 Å². The third kappa shape index (κ3) is 11.3. The number of carbonyl (C=O) groups excluding carboxylic acids is 2. The van der Waals surface area contributed by atoms with Crippen molar-refractivity contribution in [2.75, 3.05) is 20.1 Å². The highest BCUT2D eigenvalue weighted by Crippen LogP contribution is 2.28. The van der Waals surface area contributed by atoms with Crippen LogP contribution in [0.4, 0.5) is 4.79 Å². The van der Waals surface area contributed by atoms with Gasteiger partial charge >= 0.3 is 6.03 Å². The van der Waals surface area contributed by atoms with Crippen LogP contribution in [0.2, 0.25) is 0 Å². The van der Waals surface area contributed by atoms with E-state index >= 15 is 0 Å². The Labute approximate surface area is 311 Å². The normalized spacial score (nSPS) is 16.8. The predicted molar refractivity (Wildman–Crippen MR) is 203 cm³/mol. The average molecular weight is 756 g/mol. The van der Waals surface area contributed by atoms with E-state index in [0.717, 1.165) is 36.3 Å². The fourth-order valence-corrected chi connectivity index (χ4v) is 8.62. The number of carbonyl (C=O) groups is 2. The first-order chi connectivity index (χ1) is 24.8. The number of aromatic nitrogens is 1. The van der Waals surface area contributed by atoms with Crippen LogP contribution >= 0.6 is 11.3 Å². The van der Waals surface area contributed by atoms with Crippen LogP contribution in [0.25, 0.3) is 0 Å². The van der Waals surface area contributed by atoms with E-state index in [-0.39, 0.29) is 48.8 Å². The molecule has 6 N–H and O–H groups in total. The monoisotopic (exact) mass is 755 g/mol. The maximum absolute atomic E-state index is 14.1. The molecule has 2 aromatic carbocycles. The highest BCUT2D eigenvalue weighted by atomic mass is 32.2. The standard InChI is InChI=1S/C37H53N7O6S2/c1-5-25(2)34(42-37(47)43(4)22-30-24-51-36(40-30)26(3)38)35(46)41-32(19-27-11-7-6-8-12-27)33(45)23-44(21-29-13-9-10-14-29)52(49,50)31-17-15-28(16-18-31)20-39-48/h6-8,11-12,15-18,20,24-26,29,32-34,45,48H,5,9-10,13-14,19,21-23,38H2,1-4H3,(H,41,46)(H,42,47)/b39-20+/t25-,26+,32-,33+,34-/m0/s1. The van der Waals surface area contributed by atoms with Crippen molar-refractivity contribution in [2.45, 2.75) is 95.0 Å². The van der Waals surface area contributed by atoms with E-state index in [0.29, 0.717) is 17.7 Å². The summed E-state index contributed by atoms with van der Waals surface area (Å²) in [5, 5.41) is 32.3. The summed E-state index contributed by atoms with van der Waals surface area (Å²) in [5.41, 5.74) is 8.02. The molecule has 4 rings (SSSR count). The molecule has 0 saturated heterocycles. The summed E-state index contributed by atoms with van der Waals surface area (Å²) >= 11 is 1.43. The molecule has 13 nitrogen and oxygen atoms in total. The molecule has 0 spiro atoms. The van der Waals surface area contributed by atoms with Gasteiger partial charge in [-0.15, -0.1) is 11.3 Å². The van der Waals surface area contributed by atoms with Crippen LogP contribution < -0.4 is 16.4 Å². The van der Waals surface area contributed by atoms with Crippen molar-refractivity contribution in [3.05, 3.63) is 81.8 Å². The lowest BCUT2D eigenvalue weighted by Gasteiger charge is -2.33. The summed E-state index contributed by atoms with van der Waals surface area (Å²) in [5.74, 6) is -0.592. The number of hydrogen-bond donors (Lipinski definition) is 5. The lowest BCUT2D eigenvalue weighted by atomic mass is 9.96. The third-order valence-electron chi connectivity index (χ3n) is 9.62. The summed E-state index contributed by atoms with van der Waals surface area (Å²) < 4.78 is 29.5. The van der Waals surface area contributed by atoms with Crippen molar-refractivity contribution in [3.63, 3.8) is 0 Å². The average Bonchev–Trinajstić information content (AvgIpc) is 3.83. The number of aliphatic hydroxyl groups excluding tert-OH is 1. The van der Waals surface area contributed by atoms with E-state index in [4.69, 9.17) is 10.9 Å². The number of hydrogen-bond acceptors (Lipinski definition) is 10. The molecule has 15 heteroatoms. The Kier molecular flexibility index (Phi) is 15.1. The van der Waals surface area contributed by atoms with E-state index in [1.807, 2.05) is 56.5 Å². The summed E-state index contributed by atoms with van der Waals surface area (Å²) in [6, 6.07) is 12.9. The topological polar surface area (TPSA) is 191 Å². The Morgan fingerprint density at radius 1 is 1.10 bits per heavy atom. The number of nitrogens with two attached hydrogens (primary N) is 1. The molecule has 0 unspecified atom stereocenters. The number of sulfonamides is 1. The first-order valence-electron chi connectivity index (χ1n) is 17.8. The minimum atomic E-state index is -4.06. The van der Waals surface area contributed by atoms with Crippen LogP contribution in [0, 0.1) is 11.8 Å². The molecule has 3 amide bonds. The zero-order valence-electron chi connectivity index (χ0n) is 30.4. The van der Waals surface area contributed by atoms with Gasteiger partial charge < -0.3 is 31.6 Å². The number of amides is 3. The Balaban J connectivity index is 1.56. The molecule has 0 bridgehead atoms. The van der Waals surface area contributed by atoms with E-state index in [1.165, 1.54) is 38.9 Å². The van der Waals surface area contributed by atoms with E-state index in [1.54, 1.807) is 19.2 Å². The van der Waals surface area contributed by atoms with Crippen LogP contribution in [0.5, 0.6) is 0 Å². The van der Waals surface area contributed by atoms with Gasteiger partial charge in [0.15, 0.2) is 0 Å². The molecule has 1 fully saturated rings. The first-order valence-corrected chi connectivity index (χ1v) is 20.2. The second-order valence-corrected chi connectivity index (χ2v) is 16.6. The Hall–Kier alpha value is -3.89. The lowest BCUT2D eigenvalue weighted by molar-refractivity contribution is -0.125. The van der Waals surface area contributed by atoms with Crippen LogP contribution in [0.3, 0.4) is 0 Å². The van der Waals surface area contributed by atoms with Crippen LogP contribution in [0.15, 0.2) is 70.0 Å². The fourth-order valence-electron chi connectivity index (χ4n) is 6.32. The molecular formula is C37H53N7O6S2. The number of aliphatic hydroxyl groups is 1.